The smallest absolute Gasteiger partial charge is 0.0404 e. The first kappa shape index (κ1) is 10.4. The van der Waals surface area contributed by atoms with Crippen molar-refractivity contribution >= 4 is 0 Å². The zero-order valence-electron chi connectivity index (χ0n) is 8.97. The van der Waals surface area contributed by atoms with Crippen LogP contribution in [0.2, 0.25) is 0 Å². The largest absolute Gasteiger partial charge is 0.329 e. The van der Waals surface area contributed by atoms with Crippen molar-refractivity contribution in [3.63, 3.8) is 0 Å². The maximum Gasteiger partial charge on any atom is 0.0404 e. The molecule has 2 rings (SSSR count). The van der Waals surface area contributed by atoms with E-state index in [-0.39, 0.29) is 0 Å². The Morgan fingerprint density at radius 3 is 2.80 bits per heavy atom. The van der Waals surface area contributed by atoms with Crippen molar-refractivity contribution in [1.29, 1.82) is 0 Å². The van der Waals surface area contributed by atoms with Gasteiger partial charge in [0.15, 0.2) is 0 Å². The second-order valence-electron chi connectivity index (χ2n) is 3.98. The van der Waals surface area contributed by atoms with Gasteiger partial charge in [-0.3, -0.25) is 4.90 Å². The molecular formula is C13H18N2. The Balaban J connectivity index is 2.02. The summed E-state index contributed by atoms with van der Waals surface area (Å²) in [6.07, 6.45) is 5.61. The minimum absolute atomic E-state index is 0.416. The van der Waals surface area contributed by atoms with E-state index < -0.39 is 0 Å². The number of nitrogens with two attached hydrogens (primary N) is 1. The van der Waals surface area contributed by atoms with Crippen molar-refractivity contribution in [2.75, 3.05) is 13.1 Å². The lowest BCUT2D eigenvalue weighted by Crippen LogP contribution is -2.41. The highest BCUT2D eigenvalue weighted by Crippen LogP contribution is 2.13. The number of benzene rings is 1. The molecule has 15 heavy (non-hydrogen) atoms. The molecule has 1 aromatic rings. The van der Waals surface area contributed by atoms with E-state index >= 15 is 0 Å². The van der Waals surface area contributed by atoms with Gasteiger partial charge in [0, 0.05) is 25.7 Å². The third-order valence-electron chi connectivity index (χ3n) is 2.88. The molecule has 1 atom stereocenters. The quantitative estimate of drug-likeness (QED) is 0.757. The molecule has 0 radical (unpaired) electrons. The lowest BCUT2D eigenvalue weighted by Gasteiger charge is -2.31. The molecule has 1 heterocycles. The topological polar surface area (TPSA) is 29.3 Å². The van der Waals surface area contributed by atoms with E-state index in [1.54, 1.807) is 0 Å². The van der Waals surface area contributed by atoms with Gasteiger partial charge in [0.25, 0.3) is 0 Å². The Bertz CT molecular complexity index is 319. The van der Waals surface area contributed by atoms with Crippen LogP contribution in [0.1, 0.15) is 12.0 Å². The number of hydrogen-bond donors (Lipinski definition) is 1. The molecule has 0 saturated carbocycles. The summed E-state index contributed by atoms with van der Waals surface area (Å²) in [5.74, 6) is 0. The summed E-state index contributed by atoms with van der Waals surface area (Å²) in [6, 6.07) is 11.0. The zero-order valence-corrected chi connectivity index (χ0v) is 8.97. The standard InChI is InChI=1S/C13H18N2/c14-10-13-8-4-5-9-15(13)11-12-6-2-1-3-7-12/h1-4,6-8,13H,5,9-11,14H2. The van der Waals surface area contributed by atoms with Gasteiger partial charge in [-0.2, -0.15) is 0 Å². The molecule has 2 heteroatoms. The first-order valence-electron chi connectivity index (χ1n) is 5.55. The summed E-state index contributed by atoms with van der Waals surface area (Å²) < 4.78 is 0. The Labute approximate surface area is 91.4 Å². The fraction of sp³-hybridized carbons (Fsp3) is 0.385. The first-order valence-corrected chi connectivity index (χ1v) is 5.55. The molecule has 1 aliphatic rings. The second-order valence-corrected chi connectivity index (χ2v) is 3.98. The Morgan fingerprint density at radius 2 is 2.07 bits per heavy atom. The van der Waals surface area contributed by atoms with Crippen molar-refractivity contribution < 1.29 is 0 Å². The molecule has 0 saturated heterocycles. The van der Waals surface area contributed by atoms with Gasteiger partial charge in [0.1, 0.15) is 0 Å². The van der Waals surface area contributed by atoms with Crippen molar-refractivity contribution in [3.05, 3.63) is 48.0 Å². The van der Waals surface area contributed by atoms with Crippen molar-refractivity contribution in [2.45, 2.75) is 19.0 Å². The highest BCUT2D eigenvalue weighted by Gasteiger charge is 2.16. The van der Waals surface area contributed by atoms with Crippen LogP contribution in [-0.4, -0.2) is 24.0 Å². The van der Waals surface area contributed by atoms with E-state index in [2.05, 4.69) is 47.4 Å². The normalized spacial score (nSPS) is 21.8. The third-order valence-corrected chi connectivity index (χ3v) is 2.88. The van der Waals surface area contributed by atoms with E-state index in [1.165, 1.54) is 5.56 Å². The Hall–Kier alpha value is -1.12. The van der Waals surface area contributed by atoms with E-state index in [0.29, 0.717) is 12.6 Å². The summed E-state index contributed by atoms with van der Waals surface area (Å²) in [5.41, 5.74) is 7.12. The minimum atomic E-state index is 0.416. The lowest BCUT2D eigenvalue weighted by atomic mass is 10.1. The van der Waals surface area contributed by atoms with Crippen LogP contribution in [0, 0.1) is 0 Å². The highest BCUT2D eigenvalue weighted by molar-refractivity contribution is 5.15. The molecule has 0 aliphatic carbocycles. The predicted molar refractivity (Wildman–Crippen MR) is 63.5 cm³/mol. The van der Waals surface area contributed by atoms with Gasteiger partial charge in [-0.1, -0.05) is 42.5 Å². The van der Waals surface area contributed by atoms with E-state index in [1.807, 2.05) is 0 Å². The SMILES string of the molecule is NCC1C=CCCN1Cc1ccccc1. The summed E-state index contributed by atoms with van der Waals surface area (Å²) in [4.78, 5) is 2.44. The molecule has 0 amide bonds. The fourth-order valence-electron chi connectivity index (χ4n) is 2.02. The predicted octanol–water partition coefficient (Wildman–Crippen LogP) is 1.78. The van der Waals surface area contributed by atoms with Crippen LogP contribution in [0.5, 0.6) is 0 Å². The molecule has 0 aromatic heterocycles. The van der Waals surface area contributed by atoms with Crippen LogP contribution >= 0.6 is 0 Å². The van der Waals surface area contributed by atoms with Gasteiger partial charge in [-0.05, 0) is 12.0 Å². The van der Waals surface area contributed by atoms with Gasteiger partial charge < -0.3 is 5.73 Å². The molecule has 1 aliphatic heterocycles. The van der Waals surface area contributed by atoms with Crippen LogP contribution in [0.4, 0.5) is 0 Å². The molecule has 1 aromatic carbocycles. The molecule has 0 spiro atoms. The molecule has 1 unspecified atom stereocenters. The maximum atomic E-state index is 5.75. The summed E-state index contributed by atoms with van der Waals surface area (Å²) in [7, 11) is 0. The van der Waals surface area contributed by atoms with E-state index in [0.717, 1.165) is 19.5 Å². The fourth-order valence-corrected chi connectivity index (χ4v) is 2.02. The van der Waals surface area contributed by atoms with Gasteiger partial charge >= 0.3 is 0 Å². The Kier molecular flexibility index (Phi) is 3.54. The summed E-state index contributed by atoms with van der Waals surface area (Å²) in [6.45, 7) is 2.84. The van der Waals surface area contributed by atoms with Crippen LogP contribution in [0.3, 0.4) is 0 Å². The van der Waals surface area contributed by atoms with Crippen LogP contribution in [0.25, 0.3) is 0 Å². The molecule has 80 valence electrons. The van der Waals surface area contributed by atoms with Crippen LogP contribution < -0.4 is 5.73 Å². The molecule has 0 bridgehead atoms. The second kappa shape index (κ2) is 5.10. The summed E-state index contributed by atoms with van der Waals surface area (Å²) in [5, 5.41) is 0. The number of hydrogen-bond acceptors (Lipinski definition) is 2. The van der Waals surface area contributed by atoms with Gasteiger partial charge in [0.2, 0.25) is 0 Å². The Morgan fingerprint density at radius 1 is 1.27 bits per heavy atom. The third kappa shape index (κ3) is 2.67. The molecule has 2 nitrogen and oxygen atoms in total. The maximum absolute atomic E-state index is 5.75. The van der Waals surface area contributed by atoms with E-state index in [9.17, 15) is 0 Å². The average Bonchev–Trinajstić information content (AvgIpc) is 2.31. The summed E-state index contributed by atoms with van der Waals surface area (Å²) >= 11 is 0. The molecule has 2 N–H and O–H groups in total. The van der Waals surface area contributed by atoms with Gasteiger partial charge in [-0.15, -0.1) is 0 Å². The van der Waals surface area contributed by atoms with E-state index in [4.69, 9.17) is 5.73 Å². The minimum Gasteiger partial charge on any atom is -0.329 e. The lowest BCUT2D eigenvalue weighted by molar-refractivity contribution is 0.218. The van der Waals surface area contributed by atoms with Crippen LogP contribution in [-0.2, 0) is 6.54 Å². The monoisotopic (exact) mass is 202 g/mol. The number of nitrogens with zero attached hydrogens (tertiary/aromatic N) is 1. The van der Waals surface area contributed by atoms with Crippen molar-refractivity contribution in [1.82, 2.24) is 4.90 Å². The first-order chi connectivity index (χ1) is 7.40. The van der Waals surface area contributed by atoms with Crippen molar-refractivity contribution in [2.24, 2.45) is 5.73 Å². The molecular weight excluding hydrogens is 184 g/mol. The highest BCUT2D eigenvalue weighted by atomic mass is 15.2. The number of rotatable bonds is 3. The zero-order chi connectivity index (χ0) is 10.5. The molecule has 0 fully saturated rings. The van der Waals surface area contributed by atoms with Crippen molar-refractivity contribution in [3.8, 4) is 0 Å². The van der Waals surface area contributed by atoms with Gasteiger partial charge in [-0.25, -0.2) is 0 Å². The van der Waals surface area contributed by atoms with Crippen LogP contribution in [0.15, 0.2) is 42.5 Å². The van der Waals surface area contributed by atoms with Gasteiger partial charge in [0.05, 0.1) is 0 Å². The average molecular weight is 202 g/mol.